The third-order valence-corrected chi connectivity index (χ3v) is 10.9. The Morgan fingerprint density at radius 2 is 1.08 bits per heavy atom. The van der Waals surface area contributed by atoms with Crippen molar-refractivity contribution in [2.45, 2.75) is 19.3 Å². The topological polar surface area (TPSA) is 16.4 Å². The van der Waals surface area contributed by atoms with Crippen LogP contribution in [0.5, 0.6) is 0 Å². The van der Waals surface area contributed by atoms with Gasteiger partial charge in [-0.3, -0.25) is 0 Å². The Balaban J connectivity index is 1.10. The minimum absolute atomic E-state index is 0.0865. The summed E-state index contributed by atoms with van der Waals surface area (Å²) < 4.78 is 6.41. The zero-order valence-corrected chi connectivity index (χ0v) is 28.6. The average molecular weight is 654 g/mol. The fourth-order valence-electron chi connectivity index (χ4n) is 8.27. The molecule has 9 aromatic rings. The first-order valence-electron chi connectivity index (χ1n) is 17.7. The highest BCUT2D eigenvalue weighted by atomic mass is 16.3. The van der Waals surface area contributed by atoms with Crippen LogP contribution in [0.25, 0.3) is 66.1 Å². The van der Waals surface area contributed by atoms with Crippen molar-refractivity contribution in [1.82, 2.24) is 0 Å². The number of hydrogen-bond acceptors (Lipinski definition) is 2. The largest absolute Gasteiger partial charge is 0.455 e. The summed E-state index contributed by atoms with van der Waals surface area (Å²) in [5.41, 5.74) is 15.3. The maximum Gasteiger partial charge on any atom is 0.143 e. The maximum atomic E-state index is 6.41. The van der Waals surface area contributed by atoms with E-state index in [4.69, 9.17) is 4.42 Å². The van der Waals surface area contributed by atoms with Crippen molar-refractivity contribution in [2.75, 3.05) is 4.90 Å². The van der Waals surface area contributed by atoms with Gasteiger partial charge in [-0.15, -0.1) is 0 Å². The van der Waals surface area contributed by atoms with E-state index in [0.717, 1.165) is 38.7 Å². The van der Waals surface area contributed by atoms with E-state index in [2.05, 4.69) is 195 Å². The molecule has 0 atom stereocenters. The SMILES string of the molecule is CC1(C)c2ccccc2-c2c(N(c3ccc(-c4ccccc4)cc3)c3ccc(-c4ccc5oc6c7ccccc7ccc6c5c4)cc3)cccc21. The van der Waals surface area contributed by atoms with Gasteiger partial charge in [0.05, 0.1) is 5.69 Å². The highest BCUT2D eigenvalue weighted by Crippen LogP contribution is 2.54. The van der Waals surface area contributed by atoms with Gasteiger partial charge in [0.2, 0.25) is 0 Å². The summed E-state index contributed by atoms with van der Waals surface area (Å²) in [5, 5.41) is 4.62. The van der Waals surface area contributed by atoms with E-state index in [1.54, 1.807) is 0 Å². The van der Waals surface area contributed by atoms with Crippen molar-refractivity contribution in [3.05, 3.63) is 187 Å². The van der Waals surface area contributed by atoms with Crippen LogP contribution in [0.2, 0.25) is 0 Å². The van der Waals surface area contributed by atoms with Crippen LogP contribution in [0.4, 0.5) is 17.1 Å². The Labute approximate surface area is 297 Å². The Morgan fingerprint density at radius 3 is 1.86 bits per heavy atom. The molecule has 0 amide bonds. The molecule has 242 valence electrons. The lowest BCUT2D eigenvalue weighted by Crippen LogP contribution is -2.16. The van der Waals surface area contributed by atoms with Gasteiger partial charge in [0.15, 0.2) is 0 Å². The lowest BCUT2D eigenvalue weighted by atomic mass is 9.82. The van der Waals surface area contributed by atoms with Crippen LogP contribution < -0.4 is 4.90 Å². The smallest absolute Gasteiger partial charge is 0.143 e. The molecule has 0 fully saturated rings. The molecular formula is C49H35NO. The van der Waals surface area contributed by atoms with E-state index in [-0.39, 0.29) is 5.41 Å². The summed E-state index contributed by atoms with van der Waals surface area (Å²) in [6.45, 7) is 4.69. The minimum atomic E-state index is -0.0865. The number of fused-ring (bicyclic) bond motifs is 8. The molecule has 1 heterocycles. The summed E-state index contributed by atoms with van der Waals surface area (Å²) in [5.74, 6) is 0. The van der Waals surface area contributed by atoms with Crippen LogP contribution in [-0.4, -0.2) is 0 Å². The second-order valence-electron chi connectivity index (χ2n) is 14.1. The number of anilines is 3. The van der Waals surface area contributed by atoms with Gasteiger partial charge in [-0.2, -0.15) is 0 Å². The molecule has 2 heteroatoms. The average Bonchev–Trinajstić information content (AvgIpc) is 3.68. The monoisotopic (exact) mass is 653 g/mol. The van der Waals surface area contributed by atoms with Crippen molar-refractivity contribution in [3.8, 4) is 33.4 Å². The van der Waals surface area contributed by atoms with Crippen LogP contribution in [0, 0.1) is 0 Å². The Bertz CT molecular complexity index is 2750. The molecule has 0 radical (unpaired) electrons. The molecule has 0 unspecified atom stereocenters. The fourth-order valence-corrected chi connectivity index (χ4v) is 8.27. The van der Waals surface area contributed by atoms with Gasteiger partial charge in [0.25, 0.3) is 0 Å². The second-order valence-corrected chi connectivity index (χ2v) is 14.1. The lowest BCUT2D eigenvalue weighted by Gasteiger charge is -2.29. The third-order valence-electron chi connectivity index (χ3n) is 10.9. The van der Waals surface area contributed by atoms with Gasteiger partial charge in [-0.1, -0.05) is 141 Å². The van der Waals surface area contributed by atoms with E-state index < -0.39 is 0 Å². The van der Waals surface area contributed by atoms with Gasteiger partial charge >= 0.3 is 0 Å². The fraction of sp³-hybridized carbons (Fsp3) is 0.0612. The molecule has 1 aliphatic carbocycles. The first-order valence-corrected chi connectivity index (χ1v) is 17.7. The van der Waals surface area contributed by atoms with Crippen molar-refractivity contribution >= 4 is 49.8 Å². The molecule has 2 nitrogen and oxygen atoms in total. The summed E-state index contributed by atoms with van der Waals surface area (Å²) in [6, 6.07) is 63.6. The molecule has 0 bridgehead atoms. The third kappa shape index (κ3) is 4.64. The second kappa shape index (κ2) is 11.3. The van der Waals surface area contributed by atoms with Gasteiger partial charge < -0.3 is 9.32 Å². The standard InChI is InChI=1S/C49H35NO/c1-49(2)43-16-9-8-15-41(43)47-44(49)17-10-18-45(47)50(37-25-19-33(20-26-37)32-11-4-3-5-12-32)38-27-21-34(22-28-38)36-24-30-46-42(31-36)40-29-23-35-13-6-7-14-39(35)48(40)51-46/h3-31H,1-2H3. The van der Waals surface area contributed by atoms with Crippen LogP contribution in [0.1, 0.15) is 25.0 Å². The lowest BCUT2D eigenvalue weighted by molar-refractivity contribution is 0.660. The minimum Gasteiger partial charge on any atom is -0.455 e. The van der Waals surface area contributed by atoms with E-state index in [1.807, 2.05) is 0 Å². The van der Waals surface area contributed by atoms with Crippen LogP contribution in [0.15, 0.2) is 180 Å². The van der Waals surface area contributed by atoms with Crippen LogP contribution >= 0.6 is 0 Å². The molecule has 0 aliphatic heterocycles. The normalized spacial score (nSPS) is 13.1. The first kappa shape index (κ1) is 29.5. The Kier molecular flexibility index (Phi) is 6.56. The molecular weight excluding hydrogens is 619 g/mol. The predicted octanol–water partition coefficient (Wildman–Crippen LogP) is 13.8. The molecule has 0 spiro atoms. The summed E-state index contributed by atoms with van der Waals surface area (Å²) in [7, 11) is 0. The van der Waals surface area contributed by atoms with E-state index in [0.29, 0.717) is 0 Å². The van der Waals surface area contributed by atoms with Crippen molar-refractivity contribution < 1.29 is 4.42 Å². The summed E-state index contributed by atoms with van der Waals surface area (Å²) >= 11 is 0. The first-order chi connectivity index (χ1) is 25.0. The maximum absolute atomic E-state index is 6.41. The molecule has 0 N–H and O–H groups in total. The number of furan rings is 1. The number of nitrogens with zero attached hydrogens (tertiary/aromatic N) is 1. The molecule has 1 aliphatic rings. The van der Waals surface area contributed by atoms with E-state index in [1.165, 1.54) is 55.6 Å². The van der Waals surface area contributed by atoms with Gasteiger partial charge in [0.1, 0.15) is 11.2 Å². The zero-order chi connectivity index (χ0) is 34.1. The molecule has 0 saturated heterocycles. The predicted molar refractivity (Wildman–Crippen MR) is 214 cm³/mol. The summed E-state index contributed by atoms with van der Waals surface area (Å²) in [6.07, 6.45) is 0. The highest BCUT2D eigenvalue weighted by molar-refractivity contribution is 6.15. The van der Waals surface area contributed by atoms with Gasteiger partial charge in [-0.05, 0) is 92.9 Å². The molecule has 8 aromatic carbocycles. The van der Waals surface area contributed by atoms with Crippen molar-refractivity contribution in [1.29, 1.82) is 0 Å². The summed E-state index contributed by atoms with van der Waals surface area (Å²) in [4.78, 5) is 2.42. The van der Waals surface area contributed by atoms with Crippen LogP contribution in [0.3, 0.4) is 0 Å². The number of rotatable bonds is 5. The van der Waals surface area contributed by atoms with Crippen molar-refractivity contribution in [3.63, 3.8) is 0 Å². The van der Waals surface area contributed by atoms with Crippen molar-refractivity contribution in [2.24, 2.45) is 0 Å². The molecule has 51 heavy (non-hydrogen) atoms. The van der Waals surface area contributed by atoms with Crippen LogP contribution in [-0.2, 0) is 5.41 Å². The zero-order valence-electron chi connectivity index (χ0n) is 28.6. The molecule has 0 saturated carbocycles. The number of hydrogen-bond donors (Lipinski definition) is 0. The Hall–Kier alpha value is -6.38. The molecule has 1 aromatic heterocycles. The van der Waals surface area contributed by atoms with E-state index in [9.17, 15) is 0 Å². The number of benzene rings is 8. The quantitative estimate of drug-likeness (QED) is 0.184. The molecule has 10 rings (SSSR count). The Morgan fingerprint density at radius 1 is 0.451 bits per heavy atom. The van der Waals surface area contributed by atoms with Gasteiger partial charge in [-0.25, -0.2) is 0 Å². The highest BCUT2D eigenvalue weighted by Gasteiger charge is 2.37. The van der Waals surface area contributed by atoms with E-state index >= 15 is 0 Å². The van der Waals surface area contributed by atoms with Gasteiger partial charge in [0, 0.05) is 38.5 Å².